The fourth-order valence-corrected chi connectivity index (χ4v) is 2.71. The quantitative estimate of drug-likeness (QED) is 0.854. The van der Waals surface area contributed by atoms with Gasteiger partial charge in [-0.3, -0.25) is 0 Å². The van der Waals surface area contributed by atoms with Gasteiger partial charge < -0.3 is 4.90 Å². The first kappa shape index (κ1) is 8.42. The molecule has 1 saturated heterocycles. The van der Waals surface area contributed by atoms with Gasteiger partial charge in [-0.15, -0.1) is 0 Å². The van der Waals surface area contributed by atoms with Crippen LogP contribution >= 0.6 is 0 Å². The highest BCUT2D eigenvalue weighted by atomic mass is 32.2. The van der Waals surface area contributed by atoms with Crippen LogP contribution in [-0.4, -0.2) is 39.1 Å². The van der Waals surface area contributed by atoms with E-state index in [9.17, 15) is 8.42 Å². The number of sulfone groups is 1. The summed E-state index contributed by atoms with van der Waals surface area (Å²) in [6, 6.07) is 6.13. The maximum absolute atomic E-state index is 11.7. The first-order valence-electron chi connectivity index (χ1n) is 9.31. The summed E-state index contributed by atoms with van der Waals surface area (Å²) in [5.74, 6) is -0.546. The maximum Gasteiger partial charge on any atom is 0.175 e. The van der Waals surface area contributed by atoms with Crippen molar-refractivity contribution in [1.29, 1.82) is 0 Å². The normalized spacial score (nSPS) is 29.4. The lowest BCUT2D eigenvalue weighted by Crippen LogP contribution is -2.33. The van der Waals surface area contributed by atoms with Gasteiger partial charge in [-0.1, -0.05) is 19.1 Å². The van der Waals surface area contributed by atoms with E-state index >= 15 is 0 Å². The molecule has 0 spiro atoms. The highest BCUT2D eigenvalue weighted by molar-refractivity contribution is 7.90. The molecular formula is C15H23NO2S. The molecule has 19 heavy (non-hydrogen) atoms. The molecule has 0 amide bonds. The van der Waals surface area contributed by atoms with Crippen LogP contribution in [0.5, 0.6) is 0 Å². The van der Waals surface area contributed by atoms with Crippen molar-refractivity contribution >= 4 is 9.84 Å². The van der Waals surface area contributed by atoms with Gasteiger partial charge >= 0.3 is 0 Å². The molecule has 2 rings (SSSR count). The second-order valence-electron chi connectivity index (χ2n) is 4.61. The molecular weight excluding hydrogens is 258 g/mol. The molecule has 0 atom stereocenters. The van der Waals surface area contributed by atoms with Gasteiger partial charge in [0.1, 0.15) is 0 Å². The van der Waals surface area contributed by atoms with Crippen LogP contribution in [0.4, 0.5) is 0 Å². The van der Waals surface area contributed by atoms with Crippen molar-refractivity contribution < 1.29 is 16.6 Å². The third-order valence-electron chi connectivity index (χ3n) is 3.07. The standard InChI is InChI=1S/C15H23NO2S/c1-3-9-16-10-7-13(8-11-16)14-5-4-6-15(12-14)19(2,17)18/h4-6,12-13H,3,7-11H2,1-2H3/i9D2,10D2,11D2. The zero-order chi connectivity index (χ0) is 19.3. The lowest BCUT2D eigenvalue weighted by Gasteiger charge is -2.32. The number of nitrogens with zero attached hydrogens (tertiary/aromatic N) is 1. The van der Waals surface area contributed by atoms with Gasteiger partial charge in [-0.2, -0.15) is 0 Å². The van der Waals surface area contributed by atoms with E-state index in [2.05, 4.69) is 0 Å². The Morgan fingerprint density at radius 3 is 2.68 bits per heavy atom. The molecule has 1 aromatic carbocycles. The van der Waals surface area contributed by atoms with E-state index in [0.29, 0.717) is 10.5 Å². The zero-order valence-electron chi connectivity index (χ0n) is 17.2. The van der Waals surface area contributed by atoms with Crippen molar-refractivity contribution in [3.8, 4) is 0 Å². The van der Waals surface area contributed by atoms with E-state index in [0.717, 1.165) is 6.26 Å². The molecule has 3 nitrogen and oxygen atoms in total. The fourth-order valence-electron chi connectivity index (χ4n) is 2.04. The zero-order valence-corrected chi connectivity index (χ0v) is 12.0. The molecule has 1 aromatic rings. The number of hydrogen-bond acceptors (Lipinski definition) is 3. The van der Waals surface area contributed by atoms with Crippen molar-refractivity contribution in [1.82, 2.24) is 4.90 Å². The topological polar surface area (TPSA) is 37.4 Å². The molecule has 1 aliphatic rings. The van der Waals surface area contributed by atoms with Crippen LogP contribution in [-0.2, 0) is 9.84 Å². The summed E-state index contributed by atoms with van der Waals surface area (Å²) in [6.45, 7) is -4.97. The Labute approximate surface area is 125 Å². The van der Waals surface area contributed by atoms with Crippen molar-refractivity contribution in [2.24, 2.45) is 0 Å². The molecule has 4 heteroatoms. The van der Waals surface area contributed by atoms with Crippen molar-refractivity contribution in [3.63, 3.8) is 0 Å². The minimum absolute atomic E-state index is 0.0414. The highest BCUT2D eigenvalue weighted by Crippen LogP contribution is 2.29. The highest BCUT2D eigenvalue weighted by Gasteiger charge is 2.20. The van der Waals surface area contributed by atoms with E-state index < -0.39 is 35.2 Å². The van der Waals surface area contributed by atoms with Gasteiger partial charge in [0.2, 0.25) is 0 Å². The fraction of sp³-hybridized carbons (Fsp3) is 0.600. The van der Waals surface area contributed by atoms with Gasteiger partial charge in [0.25, 0.3) is 0 Å². The second-order valence-corrected chi connectivity index (χ2v) is 6.63. The Balaban J connectivity index is 2.43. The van der Waals surface area contributed by atoms with E-state index in [1.165, 1.54) is 12.1 Å². The molecule has 1 aliphatic heterocycles. The first-order chi connectivity index (χ1) is 11.2. The van der Waals surface area contributed by atoms with Crippen LogP contribution in [0.1, 0.15) is 45.9 Å². The largest absolute Gasteiger partial charge is 0.303 e. The van der Waals surface area contributed by atoms with Gasteiger partial charge in [-0.05, 0) is 62.4 Å². The summed E-state index contributed by atoms with van der Waals surface area (Å²) in [4.78, 5) is 0.793. The van der Waals surface area contributed by atoms with E-state index in [1.807, 2.05) is 0 Å². The molecule has 0 N–H and O–H groups in total. The van der Waals surface area contributed by atoms with Crippen LogP contribution in [0.25, 0.3) is 0 Å². The predicted octanol–water partition coefficient (Wildman–Crippen LogP) is 2.68. The Hall–Kier alpha value is -0.870. The van der Waals surface area contributed by atoms with Crippen LogP contribution in [0, 0.1) is 0 Å². The van der Waals surface area contributed by atoms with Crippen LogP contribution in [0.3, 0.4) is 0 Å². The minimum atomic E-state index is -3.42. The molecule has 1 fully saturated rings. The van der Waals surface area contributed by atoms with E-state index in [-0.39, 0.29) is 24.2 Å². The number of hydrogen-bond donors (Lipinski definition) is 0. The number of rotatable bonds is 4. The van der Waals surface area contributed by atoms with Crippen LogP contribution in [0.2, 0.25) is 0 Å². The van der Waals surface area contributed by atoms with Crippen LogP contribution in [0.15, 0.2) is 29.2 Å². The average molecular weight is 287 g/mol. The van der Waals surface area contributed by atoms with Crippen molar-refractivity contribution in [2.45, 2.75) is 37.0 Å². The summed E-state index contributed by atoms with van der Waals surface area (Å²) in [5, 5.41) is 0. The Bertz CT molecular complexity index is 732. The van der Waals surface area contributed by atoms with Crippen LogP contribution < -0.4 is 0 Å². The third-order valence-corrected chi connectivity index (χ3v) is 4.18. The van der Waals surface area contributed by atoms with Crippen molar-refractivity contribution in [2.75, 3.05) is 25.7 Å². The maximum atomic E-state index is 11.7. The Kier molecular flexibility index (Phi) is 2.68. The summed E-state index contributed by atoms with van der Waals surface area (Å²) in [7, 11) is -3.42. The third kappa shape index (κ3) is 3.80. The summed E-state index contributed by atoms with van der Waals surface area (Å²) in [5.41, 5.74) is 0.549. The Morgan fingerprint density at radius 1 is 1.42 bits per heavy atom. The SMILES string of the molecule is [2H]C([2H])(CC)N1C([2H])([2H])CC(c2cccc(S(C)(=O)=O)c2)CC1([2H])[2H]. The smallest absolute Gasteiger partial charge is 0.175 e. The molecule has 1 heterocycles. The van der Waals surface area contributed by atoms with Gasteiger partial charge in [0.15, 0.2) is 9.84 Å². The van der Waals surface area contributed by atoms with E-state index in [4.69, 9.17) is 8.22 Å². The Morgan fingerprint density at radius 2 is 2.11 bits per heavy atom. The lowest BCUT2D eigenvalue weighted by molar-refractivity contribution is 0.212. The van der Waals surface area contributed by atoms with E-state index in [1.54, 1.807) is 19.1 Å². The lowest BCUT2D eigenvalue weighted by atomic mass is 9.89. The molecule has 0 unspecified atom stereocenters. The molecule has 0 aromatic heterocycles. The van der Waals surface area contributed by atoms with Gasteiger partial charge in [0.05, 0.1) is 4.90 Å². The molecule has 0 saturated carbocycles. The van der Waals surface area contributed by atoms with Crippen molar-refractivity contribution in [3.05, 3.63) is 29.8 Å². The average Bonchev–Trinajstić information content (AvgIpc) is 2.43. The molecule has 0 radical (unpaired) electrons. The van der Waals surface area contributed by atoms with Gasteiger partial charge in [-0.25, -0.2) is 8.42 Å². The second kappa shape index (κ2) is 6.06. The summed E-state index contributed by atoms with van der Waals surface area (Å²) in [6.07, 6.45) is 0.821. The monoisotopic (exact) mass is 287 g/mol. The summed E-state index contributed by atoms with van der Waals surface area (Å²) < 4.78 is 72.5. The molecule has 0 bridgehead atoms. The number of likely N-dealkylation sites (tertiary alicyclic amines) is 1. The minimum Gasteiger partial charge on any atom is -0.303 e. The summed E-state index contributed by atoms with van der Waals surface area (Å²) >= 11 is 0. The molecule has 0 aliphatic carbocycles. The van der Waals surface area contributed by atoms with Gasteiger partial charge in [0, 0.05) is 14.5 Å². The first-order valence-corrected chi connectivity index (χ1v) is 8.20. The number of piperidine rings is 1. The molecule has 106 valence electrons. The predicted molar refractivity (Wildman–Crippen MR) is 78.3 cm³/mol. The number of benzene rings is 1.